The first kappa shape index (κ1) is 9.38. The van der Waals surface area contributed by atoms with Crippen LogP contribution in [0, 0.1) is 11.8 Å². The molecular weight excluding hydrogens is 156 g/mol. The van der Waals surface area contributed by atoms with Gasteiger partial charge in [0.15, 0.2) is 0 Å². The van der Waals surface area contributed by atoms with Gasteiger partial charge in [0.25, 0.3) is 0 Å². The third-order valence-corrected chi connectivity index (χ3v) is 2.97. The van der Waals surface area contributed by atoms with Crippen molar-refractivity contribution in [2.75, 3.05) is 0 Å². The zero-order chi connectivity index (χ0) is 8.27. The van der Waals surface area contributed by atoms with Crippen LogP contribution in [0.3, 0.4) is 0 Å². The van der Waals surface area contributed by atoms with Crippen molar-refractivity contribution in [1.82, 2.24) is 0 Å². The van der Waals surface area contributed by atoms with Crippen LogP contribution >= 0.6 is 11.6 Å². The van der Waals surface area contributed by atoms with E-state index in [1.54, 1.807) is 0 Å². The number of halogens is 1. The van der Waals surface area contributed by atoms with Gasteiger partial charge in [0.2, 0.25) is 0 Å². The fourth-order valence-electron chi connectivity index (χ4n) is 2.02. The van der Waals surface area contributed by atoms with Gasteiger partial charge in [-0.15, -0.1) is 11.6 Å². The van der Waals surface area contributed by atoms with Gasteiger partial charge >= 0.3 is 0 Å². The van der Waals surface area contributed by atoms with Crippen molar-refractivity contribution in [3.63, 3.8) is 0 Å². The van der Waals surface area contributed by atoms with Crippen molar-refractivity contribution in [2.24, 2.45) is 11.8 Å². The second-order valence-electron chi connectivity index (χ2n) is 4.14. The minimum atomic E-state index is 0.383. The molecule has 1 rings (SSSR count). The summed E-state index contributed by atoms with van der Waals surface area (Å²) in [5, 5.41) is 0.383. The summed E-state index contributed by atoms with van der Waals surface area (Å²) >= 11 is 5.95. The highest BCUT2D eigenvalue weighted by Gasteiger charge is 2.18. The Balaban J connectivity index is 2.17. The lowest BCUT2D eigenvalue weighted by atomic mass is 9.81. The van der Waals surface area contributed by atoms with Crippen molar-refractivity contribution in [3.8, 4) is 0 Å². The molecular formula is C10H19Cl. The largest absolute Gasteiger partial charge is 0.123 e. The number of alkyl halides is 1. The summed E-state index contributed by atoms with van der Waals surface area (Å²) in [5.74, 6) is 1.90. The highest BCUT2D eigenvalue weighted by molar-refractivity contribution is 6.20. The van der Waals surface area contributed by atoms with Crippen LogP contribution in [0.5, 0.6) is 0 Å². The number of hydrogen-bond donors (Lipinski definition) is 0. The van der Waals surface area contributed by atoms with Crippen LogP contribution in [0.15, 0.2) is 0 Å². The topological polar surface area (TPSA) is 0 Å². The van der Waals surface area contributed by atoms with E-state index < -0.39 is 0 Å². The Labute approximate surface area is 75.3 Å². The van der Waals surface area contributed by atoms with Gasteiger partial charge in [-0.1, -0.05) is 32.6 Å². The van der Waals surface area contributed by atoms with Crippen molar-refractivity contribution < 1.29 is 0 Å². The molecule has 1 fully saturated rings. The maximum Gasteiger partial charge on any atom is 0.0310 e. The quantitative estimate of drug-likeness (QED) is 0.559. The molecule has 0 nitrogen and oxygen atoms in total. The summed E-state index contributed by atoms with van der Waals surface area (Å²) in [4.78, 5) is 0. The van der Waals surface area contributed by atoms with Gasteiger partial charge in [-0.2, -0.15) is 0 Å². The zero-order valence-corrected chi connectivity index (χ0v) is 8.40. The molecule has 1 saturated carbocycles. The highest BCUT2D eigenvalue weighted by atomic mass is 35.5. The van der Waals surface area contributed by atoms with E-state index in [2.05, 4.69) is 13.8 Å². The van der Waals surface area contributed by atoms with E-state index in [0.29, 0.717) is 5.38 Å². The van der Waals surface area contributed by atoms with Crippen LogP contribution in [-0.4, -0.2) is 5.38 Å². The lowest BCUT2D eigenvalue weighted by molar-refractivity contribution is 0.277. The number of hydrogen-bond acceptors (Lipinski definition) is 0. The molecule has 66 valence electrons. The standard InChI is InChI=1S/C10H19Cl/c1-8-3-5-10(6-4-8)7-9(2)11/h8-10H,3-7H2,1-2H3. The van der Waals surface area contributed by atoms with Crippen LogP contribution in [0.25, 0.3) is 0 Å². The number of rotatable bonds is 2. The van der Waals surface area contributed by atoms with E-state index in [9.17, 15) is 0 Å². The van der Waals surface area contributed by atoms with Gasteiger partial charge in [-0.25, -0.2) is 0 Å². The molecule has 0 aromatic carbocycles. The average molecular weight is 175 g/mol. The summed E-state index contributed by atoms with van der Waals surface area (Å²) in [5.41, 5.74) is 0. The molecule has 0 spiro atoms. The summed E-state index contributed by atoms with van der Waals surface area (Å²) in [7, 11) is 0. The maximum absolute atomic E-state index is 5.95. The van der Waals surface area contributed by atoms with Crippen LogP contribution in [-0.2, 0) is 0 Å². The monoisotopic (exact) mass is 174 g/mol. The first-order valence-electron chi connectivity index (χ1n) is 4.82. The summed E-state index contributed by atoms with van der Waals surface area (Å²) < 4.78 is 0. The van der Waals surface area contributed by atoms with Gasteiger partial charge in [0.1, 0.15) is 0 Å². The molecule has 11 heavy (non-hydrogen) atoms. The van der Waals surface area contributed by atoms with Crippen LogP contribution in [0.2, 0.25) is 0 Å². The molecule has 0 saturated heterocycles. The molecule has 0 N–H and O–H groups in total. The summed E-state index contributed by atoms with van der Waals surface area (Å²) in [6.45, 7) is 4.47. The smallest absolute Gasteiger partial charge is 0.0310 e. The lowest BCUT2D eigenvalue weighted by Crippen LogP contribution is -2.14. The van der Waals surface area contributed by atoms with Crippen molar-refractivity contribution in [2.45, 2.75) is 51.3 Å². The second kappa shape index (κ2) is 4.35. The molecule has 1 atom stereocenters. The Kier molecular flexibility index (Phi) is 3.71. The third-order valence-electron chi connectivity index (χ3n) is 2.79. The van der Waals surface area contributed by atoms with E-state index in [-0.39, 0.29) is 0 Å². The third kappa shape index (κ3) is 3.46. The average Bonchev–Trinajstić information content (AvgIpc) is 1.93. The van der Waals surface area contributed by atoms with Crippen LogP contribution in [0.1, 0.15) is 46.0 Å². The molecule has 1 aliphatic carbocycles. The Bertz CT molecular complexity index is 101. The molecule has 1 aliphatic rings. The van der Waals surface area contributed by atoms with E-state index >= 15 is 0 Å². The predicted octanol–water partition coefficient (Wildman–Crippen LogP) is 3.83. The van der Waals surface area contributed by atoms with Gasteiger partial charge in [-0.3, -0.25) is 0 Å². The molecule has 0 amide bonds. The predicted molar refractivity (Wildman–Crippen MR) is 51.1 cm³/mol. The first-order chi connectivity index (χ1) is 5.18. The van der Waals surface area contributed by atoms with Gasteiger partial charge < -0.3 is 0 Å². The minimum Gasteiger partial charge on any atom is -0.123 e. The Morgan fingerprint density at radius 3 is 2.27 bits per heavy atom. The molecule has 1 heteroatoms. The van der Waals surface area contributed by atoms with E-state index in [1.165, 1.54) is 32.1 Å². The van der Waals surface area contributed by atoms with Gasteiger partial charge in [0, 0.05) is 5.38 Å². The van der Waals surface area contributed by atoms with Crippen molar-refractivity contribution >= 4 is 11.6 Å². The SMILES string of the molecule is CC(Cl)CC1CCC(C)CC1. The lowest BCUT2D eigenvalue weighted by Gasteiger charge is -2.26. The molecule has 0 aromatic heterocycles. The van der Waals surface area contributed by atoms with Crippen molar-refractivity contribution in [1.29, 1.82) is 0 Å². The second-order valence-corrected chi connectivity index (χ2v) is 4.89. The van der Waals surface area contributed by atoms with Crippen LogP contribution < -0.4 is 0 Å². The van der Waals surface area contributed by atoms with E-state index in [4.69, 9.17) is 11.6 Å². The Morgan fingerprint density at radius 1 is 1.27 bits per heavy atom. The van der Waals surface area contributed by atoms with Gasteiger partial charge in [0.05, 0.1) is 0 Å². The zero-order valence-electron chi connectivity index (χ0n) is 7.65. The Morgan fingerprint density at radius 2 is 1.82 bits per heavy atom. The van der Waals surface area contributed by atoms with E-state index in [0.717, 1.165) is 11.8 Å². The molecule has 0 bridgehead atoms. The molecule has 0 aromatic rings. The highest BCUT2D eigenvalue weighted by Crippen LogP contribution is 2.31. The normalized spacial score (nSPS) is 35.2. The van der Waals surface area contributed by atoms with Crippen molar-refractivity contribution in [3.05, 3.63) is 0 Å². The summed E-state index contributed by atoms with van der Waals surface area (Å²) in [6.07, 6.45) is 6.91. The van der Waals surface area contributed by atoms with Gasteiger partial charge in [-0.05, 0) is 25.2 Å². The molecule has 0 radical (unpaired) electrons. The maximum atomic E-state index is 5.95. The molecule has 0 heterocycles. The molecule has 1 unspecified atom stereocenters. The minimum absolute atomic E-state index is 0.383. The summed E-state index contributed by atoms with van der Waals surface area (Å²) in [6, 6.07) is 0. The van der Waals surface area contributed by atoms with Crippen LogP contribution in [0.4, 0.5) is 0 Å². The molecule has 0 aliphatic heterocycles. The van der Waals surface area contributed by atoms with E-state index in [1.807, 2.05) is 0 Å². The fourth-order valence-corrected chi connectivity index (χ4v) is 2.28. The first-order valence-corrected chi connectivity index (χ1v) is 5.26. The fraction of sp³-hybridized carbons (Fsp3) is 1.00. The Hall–Kier alpha value is 0.290.